The molecule has 0 bridgehead atoms. The van der Waals surface area contributed by atoms with Crippen LogP contribution in [0.4, 0.5) is 0 Å². The van der Waals surface area contributed by atoms with Gasteiger partial charge in [-0.3, -0.25) is 4.79 Å². The van der Waals surface area contributed by atoms with E-state index in [4.69, 9.17) is 5.11 Å². The van der Waals surface area contributed by atoms with Crippen LogP contribution in [0.3, 0.4) is 0 Å². The van der Waals surface area contributed by atoms with Gasteiger partial charge in [-0.05, 0) is 13.3 Å². The number of nitrogens with one attached hydrogen (secondary N) is 2. The molecule has 0 spiro atoms. The van der Waals surface area contributed by atoms with E-state index < -0.39 is 37.8 Å². The molecular weight excluding hydrogens is 306 g/mol. The summed E-state index contributed by atoms with van der Waals surface area (Å²) in [5.41, 5.74) is 0.573. The zero-order chi connectivity index (χ0) is 15.3. The van der Waals surface area contributed by atoms with Crippen LogP contribution in [0.15, 0.2) is 9.72 Å². The van der Waals surface area contributed by atoms with Crippen molar-refractivity contribution in [3.05, 3.63) is 11.2 Å². The Hall–Kier alpha value is -1.52. The van der Waals surface area contributed by atoms with Gasteiger partial charge in [0.1, 0.15) is 0 Å². The number of rotatable bonds is 7. The van der Waals surface area contributed by atoms with Crippen LogP contribution in [-0.4, -0.2) is 43.0 Å². The van der Waals surface area contributed by atoms with Crippen molar-refractivity contribution < 1.29 is 23.1 Å². The second-order valence-corrected chi connectivity index (χ2v) is 6.69. The molecular formula is C10H15N3O5S2. The van der Waals surface area contributed by atoms with Crippen molar-refractivity contribution in [2.45, 2.75) is 30.5 Å². The Morgan fingerprint density at radius 2 is 2.15 bits per heavy atom. The average Bonchev–Trinajstić information content (AvgIpc) is 2.85. The fourth-order valence-electron chi connectivity index (χ4n) is 1.31. The minimum absolute atomic E-state index is 0.417. The Kier molecular flexibility index (Phi) is 5.60. The molecule has 1 aromatic rings. The fourth-order valence-corrected chi connectivity index (χ4v) is 3.67. The smallest absolute Gasteiger partial charge is 0.356 e. The molecule has 0 saturated heterocycles. The Morgan fingerprint density at radius 3 is 2.70 bits per heavy atom. The van der Waals surface area contributed by atoms with Crippen LogP contribution < -0.4 is 10.0 Å². The molecule has 0 fully saturated rings. The molecule has 0 aliphatic heterocycles. The number of hydrogen-bond donors (Lipinski definition) is 3. The SMILES string of the molecule is CCCNC(=O)C(C)NS(=O)(=O)c1scnc1C(=O)O. The highest BCUT2D eigenvalue weighted by Crippen LogP contribution is 2.20. The quantitative estimate of drug-likeness (QED) is 0.651. The highest BCUT2D eigenvalue weighted by Gasteiger charge is 2.28. The first kappa shape index (κ1) is 16.5. The molecule has 1 atom stereocenters. The van der Waals surface area contributed by atoms with E-state index in [0.717, 1.165) is 11.9 Å². The molecule has 0 saturated carbocycles. The molecule has 1 amide bonds. The van der Waals surface area contributed by atoms with E-state index in [9.17, 15) is 18.0 Å². The van der Waals surface area contributed by atoms with E-state index in [2.05, 4.69) is 15.0 Å². The molecule has 20 heavy (non-hydrogen) atoms. The number of nitrogens with zero attached hydrogens (tertiary/aromatic N) is 1. The Balaban J connectivity index is 2.87. The summed E-state index contributed by atoms with van der Waals surface area (Å²) in [6.07, 6.45) is 0.725. The summed E-state index contributed by atoms with van der Waals surface area (Å²) in [7, 11) is -4.10. The van der Waals surface area contributed by atoms with Gasteiger partial charge in [0, 0.05) is 6.54 Å². The maximum absolute atomic E-state index is 12.0. The fraction of sp³-hybridized carbons (Fsp3) is 0.500. The molecule has 0 aliphatic rings. The highest BCUT2D eigenvalue weighted by molar-refractivity contribution is 7.91. The predicted octanol–water partition coefficient (Wildman–Crippen LogP) is 0.0343. The summed E-state index contributed by atoms with van der Waals surface area (Å²) < 4.78 is 25.8. The number of aromatic nitrogens is 1. The molecule has 0 aliphatic carbocycles. The zero-order valence-electron chi connectivity index (χ0n) is 10.9. The molecule has 3 N–H and O–H groups in total. The van der Waals surface area contributed by atoms with Gasteiger partial charge in [-0.25, -0.2) is 18.2 Å². The van der Waals surface area contributed by atoms with E-state index in [1.807, 2.05) is 6.92 Å². The lowest BCUT2D eigenvalue weighted by Crippen LogP contribution is -2.44. The van der Waals surface area contributed by atoms with Crippen molar-refractivity contribution in [3.8, 4) is 0 Å². The Morgan fingerprint density at radius 1 is 1.50 bits per heavy atom. The first-order chi connectivity index (χ1) is 9.29. The summed E-state index contributed by atoms with van der Waals surface area (Å²) in [5, 5.41) is 11.4. The van der Waals surface area contributed by atoms with E-state index >= 15 is 0 Å². The lowest BCUT2D eigenvalue weighted by Gasteiger charge is -2.13. The minimum atomic E-state index is -4.10. The topological polar surface area (TPSA) is 125 Å². The number of sulfonamides is 1. The molecule has 112 valence electrons. The number of hydrogen-bond acceptors (Lipinski definition) is 6. The average molecular weight is 321 g/mol. The maximum atomic E-state index is 12.0. The normalized spacial score (nSPS) is 12.9. The van der Waals surface area contributed by atoms with Gasteiger partial charge < -0.3 is 10.4 Å². The van der Waals surface area contributed by atoms with Gasteiger partial charge in [0.25, 0.3) is 10.0 Å². The molecule has 8 nitrogen and oxygen atoms in total. The number of aromatic carboxylic acids is 1. The molecule has 0 aromatic carbocycles. The van der Waals surface area contributed by atoms with Crippen molar-refractivity contribution in [2.75, 3.05) is 6.54 Å². The first-order valence-electron chi connectivity index (χ1n) is 5.76. The van der Waals surface area contributed by atoms with E-state index in [1.165, 1.54) is 6.92 Å². The Bertz CT molecular complexity index is 596. The van der Waals surface area contributed by atoms with Gasteiger partial charge in [-0.1, -0.05) is 6.92 Å². The van der Waals surface area contributed by atoms with Crippen molar-refractivity contribution in [1.29, 1.82) is 0 Å². The second-order valence-electron chi connectivity index (χ2n) is 3.93. The summed E-state index contributed by atoms with van der Waals surface area (Å²) >= 11 is 0.682. The maximum Gasteiger partial charge on any atom is 0.356 e. The van der Waals surface area contributed by atoms with Crippen LogP contribution >= 0.6 is 11.3 Å². The van der Waals surface area contributed by atoms with Crippen LogP contribution in [0.25, 0.3) is 0 Å². The van der Waals surface area contributed by atoms with Gasteiger partial charge in [0.2, 0.25) is 5.91 Å². The molecule has 1 aromatic heterocycles. The molecule has 10 heteroatoms. The summed E-state index contributed by atoms with van der Waals surface area (Å²) in [4.78, 5) is 25.9. The lowest BCUT2D eigenvalue weighted by atomic mass is 10.3. The monoisotopic (exact) mass is 321 g/mol. The van der Waals surface area contributed by atoms with Gasteiger partial charge in [0.05, 0.1) is 11.6 Å². The summed E-state index contributed by atoms with van der Waals surface area (Å²) in [6, 6.07) is -1.00. The number of carbonyl (C=O) groups is 2. The number of amides is 1. The highest BCUT2D eigenvalue weighted by atomic mass is 32.2. The van der Waals surface area contributed by atoms with Crippen LogP contribution in [-0.2, 0) is 14.8 Å². The van der Waals surface area contributed by atoms with Crippen molar-refractivity contribution >= 4 is 33.2 Å². The van der Waals surface area contributed by atoms with E-state index in [0.29, 0.717) is 17.9 Å². The van der Waals surface area contributed by atoms with Gasteiger partial charge in [-0.2, -0.15) is 4.72 Å². The third-order valence-electron chi connectivity index (χ3n) is 2.26. The van der Waals surface area contributed by atoms with Crippen LogP contribution in [0, 0.1) is 0 Å². The van der Waals surface area contributed by atoms with E-state index in [-0.39, 0.29) is 0 Å². The standard InChI is InChI=1S/C10H15N3O5S2/c1-3-4-11-8(14)6(2)13-20(17,18)10-7(9(15)16)12-5-19-10/h5-6,13H,3-4H2,1-2H3,(H,11,14)(H,15,16). The van der Waals surface area contributed by atoms with Crippen molar-refractivity contribution in [3.63, 3.8) is 0 Å². The number of carbonyl (C=O) groups excluding carboxylic acids is 1. The van der Waals surface area contributed by atoms with Gasteiger partial charge in [0.15, 0.2) is 9.90 Å². The zero-order valence-corrected chi connectivity index (χ0v) is 12.5. The predicted molar refractivity (Wildman–Crippen MR) is 72.2 cm³/mol. The molecule has 1 unspecified atom stereocenters. The number of carboxylic acid groups (broad SMARTS) is 1. The van der Waals surface area contributed by atoms with Crippen molar-refractivity contribution in [1.82, 2.24) is 15.0 Å². The largest absolute Gasteiger partial charge is 0.476 e. The second kappa shape index (κ2) is 6.77. The van der Waals surface area contributed by atoms with Gasteiger partial charge in [-0.15, -0.1) is 11.3 Å². The number of carboxylic acids is 1. The minimum Gasteiger partial charge on any atom is -0.476 e. The van der Waals surface area contributed by atoms with Crippen LogP contribution in [0.1, 0.15) is 30.8 Å². The molecule has 1 rings (SSSR count). The van der Waals surface area contributed by atoms with Gasteiger partial charge >= 0.3 is 5.97 Å². The van der Waals surface area contributed by atoms with Crippen molar-refractivity contribution in [2.24, 2.45) is 0 Å². The Labute approximate surface area is 120 Å². The molecule has 0 radical (unpaired) electrons. The summed E-state index contributed by atoms with van der Waals surface area (Å²) in [6.45, 7) is 3.68. The number of thiazole rings is 1. The molecule has 1 heterocycles. The van der Waals surface area contributed by atoms with Crippen LogP contribution in [0.2, 0.25) is 0 Å². The third kappa shape index (κ3) is 3.99. The van der Waals surface area contributed by atoms with Crippen LogP contribution in [0.5, 0.6) is 0 Å². The lowest BCUT2D eigenvalue weighted by molar-refractivity contribution is -0.122. The summed E-state index contributed by atoms with van der Waals surface area (Å²) in [5.74, 6) is -1.91. The van der Waals surface area contributed by atoms with E-state index in [1.54, 1.807) is 0 Å². The third-order valence-corrected chi connectivity index (χ3v) is 5.17. The first-order valence-corrected chi connectivity index (χ1v) is 8.12.